The van der Waals surface area contributed by atoms with Crippen LogP contribution in [0.25, 0.3) is 16.6 Å². The molecule has 3 aliphatic rings. The Hall–Kier alpha value is -3.81. The lowest BCUT2D eigenvalue weighted by Crippen LogP contribution is -2.50. The second kappa shape index (κ2) is 13.4. The number of fused-ring (bicyclic) bond motifs is 1. The second-order valence-electron chi connectivity index (χ2n) is 13.0. The molecule has 47 heavy (non-hydrogen) atoms. The fourth-order valence-electron chi connectivity index (χ4n) is 7.17. The minimum atomic E-state index is -4.24. The summed E-state index contributed by atoms with van der Waals surface area (Å²) in [6.45, 7) is 9.75. The Kier molecular flexibility index (Phi) is 9.41. The van der Waals surface area contributed by atoms with Gasteiger partial charge in [0.25, 0.3) is 11.8 Å². The summed E-state index contributed by atoms with van der Waals surface area (Å²) >= 11 is 0. The highest BCUT2D eigenvalue weighted by molar-refractivity contribution is 6.06. The maximum Gasteiger partial charge on any atom is 0.401 e. The number of aromatic nitrogens is 3. The van der Waals surface area contributed by atoms with E-state index in [4.69, 9.17) is 4.74 Å². The molecule has 3 aromatic heterocycles. The molecule has 0 aromatic carbocycles. The summed E-state index contributed by atoms with van der Waals surface area (Å²) in [4.78, 5) is 34.2. The Labute approximate surface area is 272 Å². The van der Waals surface area contributed by atoms with Gasteiger partial charge >= 0.3 is 6.18 Å². The normalized spacial score (nSPS) is 21.2. The Morgan fingerprint density at radius 2 is 1.85 bits per heavy atom. The fourth-order valence-corrected chi connectivity index (χ4v) is 7.17. The first-order valence-corrected chi connectivity index (χ1v) is 16.2. The van der Waals surface area contributed by atoms with Crippen LogP contribution in [0.1, 0.15) is 67.3 Å². The zero-order chi connectivity index (χ0) is 33.5. The van der Waals surface area contributed by atoms with Crippen molar-refractivity contribution in [2.45, 2.75) is 58.8 Å². The SMILES string of the molecule is CC1=CC(C)=NC(=O)C1CNC(=O)c1cc2c(-c3cnn(C4CCOCC4)c3)ccn2c(C(C)N2CCN(CC(F)(F)F)CC2)c1C. The van der Waals surface area contributed by atoms with E-state index in [0.29, 0.717) is 50.7 Å². The van der Waals surface area contributed by atoms with E-state index in [0.717, 1.165) is 46.3 Å². The third-order valence-electron chi connectivity index (χ3n) is 9.77. The first-order valence-electron chi connectivity index (χ1n) is 16.2. The number of carbonyl (C=O) groups excluding carboxylic acids is 2. The van der Waals surface area contributed by atoms with Gasteiger partial charge in [-0.2, -0.15) is 18.3 Å². The van der Waals surface area contributed by atoms with Crippen LogP contribution in [-0.4, -0.2) is 100 Å². The van der Waals surface area contributed by atoms with Gasteiger partial charge in [0.05, 0.1) is 30.2 Å². The largest absolute Gasteiger partial charge is 0.401 e. The molecule has 6 heterocycles. The summed E-state index contributed by atoms with van der Waals surface area (Å²) in [5, 5.41) is 7.66. The van der Waals surface area contributed by atoms with E-state index in [9.17, 15) is 22.8 Å². The molecule has 0 radical (unpaired) electrons. The van der Waals surface area contributed by atoms with Crippen LogP contribution in [-0.2, 0) is 9.53 Å². The van der Waals surface area contributed by atoms with Crippen molar-refractivity contribution in [3.63, 3.8) is 0 Å². The number of carbonyl (C=O) groups is 2. The molecule has 6 rings (SSSR count). The second-order valence-corrected chi connectivity index (χ2v) is 13.0. The number of ether oxygens (including phenoxy) is 1. The number of hydrogen-bond donors (Lipinski definition) is 1. The van der Waals surface area contributed by atoms with E-state index < -0.39 is 18.6 Å². The van der Waals surface area contributed by atoms with E-state index in [-0.39, 0.29) is 30.4 Å². The van der Waals surface area contributed by atoms with Crippen molar-refractivity contribution < 1.29 is 27.5 Å². The Bertz CT molecular complexity index is 1710. The van der Waals surface area contributed by atoms with Gasteiger partial charge in [0.2, 0.25) is 0 Å². The van der Waals surface area contributed by atoms with Crippen LogP contribution in [0.15, 0.2) is 47.4 Å². The minimum Gasteiger partial charge on any atom is -0.381 e. The summed E-state index contributed by atoms with van der Waals surface area (Å²) in [7, 11) is 0. The summed E-state index contributed by atoms with van der Waals surface area (Å²) in [6.07, 6.45) is 5.29. The zero-order valence-electron chi connectivity index (χ0n) is 27.3. The molecule has 3 aromatic rings. The van der Waals surface area contributed by atoms with Gasteiger partial charge in [0, 0.05) is 92.5 Å². The van der Waals surface area contributed by atoms with Gasteiger partial charge in [-0.05, 0) is 64.3 Å². The minimum absolute atomic E-state index is 0.124. The zero-order valence-corrected chi connectivity index (χ0v) is 27.3. The molecule has 2 atom stereocenters. The molecule has 10 nitrogen and oxygen atoms in total. The van der Waals surface area contributed by atoms with Crippen molar-refractivity contribution in [1.29, 1.82) is 0 Å². The van der Waals surface area contributed by atoms with Gasteiger partial charge in [-0.3, -0.25) is 24.1 Å². The molecule has 3 aliphatic heterocycles. The number of allylic oxidation sites excluding steroid dienone is 1. The standard InChI is InChI=1S/C34H42F3N7O3/c1-21-15-22(2)40-33(46)29(21)18-38-32(45)28-16-30-27(25-17-39-44(19-25)26-6-13-47-14-7-26)5-8-43(30)31(23(28)3)24(4)42-11-9-41(10-12-42)20-34(35,36)37/h5,8,15-17,19,24,26,29H,6-7,9-14,18,20H2,1-4H3,(H,38,45). The summed E-state index contributed by atoms with van der Waals surface area (Å²) in [5.41, 5.74) is 6.33. The van der Waals surface area contributed by atoms with Gasteiger partial charge < -0.3 is 14.5 Å². The number of alkyl halides is 3. The van der Waals surface area contributed by atoms with Crippen LogP contribution in [0.2, 0.25) is 0 Å². The highest BCUT2D eigenvalue weighted by Gasteiger charge is 2.34. The lowest BCUT2D eigenvalue weighted by atomic mass is 9.95. The lowest BCUT2D eigenvalue weighted by molar-refractivity contribution is -0.149. The van der Waals surface area contributed by atoms with Crippen molar-refractivity contribution in [3.8, 4) is 11.1 Å². The first-order chi connectivity index (χ1) is 22.4. The van der Waals surface area contributed by atoms with Crippen molar-refractivity contribution >= 4 is 23.0 Å². The number of dihydropyridines is 1. The molecular formula is C34H42F3N7O3. The van der Waals surface area contributed by atoms with E-state index in [1.54, 1.807) is 6.92 Å². The van der Waals surface area contributed by atoms with Gasteiger partial charge in [-0.15, -0.1) is 0 Å². The van der Waals surface area contributed by atoms with E-state index in [1.165, 1.54) is 4.90 Å². The fraction of sp³-hybridized carbons (Fsp3) is 0.529. The molecule has 2 unspecified atom stereocenters. The van der Waals surface area contributed by atoms with Gasteiger partial charge in [0.15, 0.2) is 0 Å². The number of aliphatic imine (C=N–C) groups is 1. The molecule has 1 N–H and O–H groups in total. The third-order valence-corrected chi connectivity index (χ3v) is 9.77. The predicted molar refractivity (Wildman–Crippen MR) is 173 cm³/mol. The number of halogens is 3. The number of nitrogens with zero attached hydrogens (tertiary/aromatic N) is 6. The molecule has 0 aliphatic carbocycles. The van der Waals surface area contributed by atoms with Gasteiger partial charge in [-0.25, -0.2) is 4.99 Å². The monoisotopic (exact) mass is 653 g/mol. The number of amides is 2. The smallest absolute Gasteiger partial charge is 0.381 e. The third kappa shape index (κ3) is 7.07. The van der Waals surface area contributed by atoms with Gasteiger partial charge in [0.1, 0.15) is 0 Å². The van der Waals surface area contributed by atoms with Crippen molar-refractivity contribution in [2.24, 2.45) is 10.9 Å². The highest BCUT2D eigenvalue weighted by atomic mass is 19.4. The van der Waals surface area contributed by atoms with E-state index in [2.05, 4.69) is 24.7 Å². The van der Waals surface area contributed by atoms with Crippen molar-refractivity contribution in [1.82, 2.24) is 29.3 Å². The summed E-state index contributed by atoms with van der Waals surface area (Å²) in [5.74, 6) is -1.10. The van der Waals surface area contributed by atoms with Crippen LogP contribution in [0.4, 0.5) is 13.2 Å². The maximum absolute atomic E-state index is 13.9. The summed E-state index contributed by atoms with van der Waals surface area (Å²) < 4.78 is 48.8. The molecule has 0 spiro atoms. The predicted octanol–water partition coefficient (Wildman–Crippen LogP) is 5.00. The van der Waals surface area contributed by atoms with Crippen LogP contribution >= 0.6 is 0 Å². The lowest BCUT2D eigenvalue weighted by Gasteiger charge is -2.39. The van der Waals surface area contributed by atoms with E-state index in [1.807, 2.05) is 62.3 Å². The number of nitrogens with one attached hydrogen (secondary N) is 1. The first kappa shape index (κ1) is 33.1. The molecule has 2 amide bonds. The Balaban J connectivity index is 1.33. The number of hydrogen-bond acceptors (Lipinski definition) is 6. The molecule has 2 saturated heterocycles. The van der Waals surface area contributed by atoms with E-state index >= 15 is 0 Å². The molecular weight excluding hydrogens is 611 g/mol. The van der Waals surface area contributed by atoms with Crippen LogP contribution in [0.3, 0.4) is 0 Å². The van der Waals surface area contributed by atoms with Crippen LogP contribution < -0.4 is 5.32 Å². The number of pyridine rings is 1. The highest BCUT2D eigenvalue weighted by Crippen LogP contribution is 2.35. The molecule has 0 saturated carbocycles. The molecule has 252 valence electrons. The Morgan fingerprint density at radius 3 is 2.53 bits per heavy atom. The Morgan fingerprint density at radius 1 is 1.13 bits per heavy atom. The van der Waals surface area contributed by atoms with Crippen molar-refractivity contribution in [2.75, 3.05) is 52.5 Å². The molecule has 13 heteroatoms. The number of piperazine rings is 1. The topological polar surface area (TPSA) is 96.5 Å². The van der Waals surface area contributed by atoms with Crippen LogP contribution in [0, 0.1) is 12.8 Å². The van der Waals surface area contributed by atoms with Crippen LogP contribution in [0.5, 0.6) is 0 Å². The van der Waals surface area contributed by atoms with Crippen molar-refractivity contribution in [3.05, 3.63) is 59.2 Å². The molecule has 2 fully saturated rings. The number of rotatable bonds is 8. The average Bonchev–Trinajstić information content (AvgIpc) is 3.67. The quantitative estimate of drug-likeness (QED) is 0.368. The maximum atomic E-state index is 13.9. The average molecular weight is 654 g/mol. The molecule has 0 bridgehead atoms. The van der Waals surface area contributed by atoms with Gasteiger partial charge in [-0.1, -0.05) is 5.57 Å². The summed E-state index contributed by atoms with van der Waals surface area (Å²) in [6, 6.07) is 3.98.